The lowest BCUT2D eigenvalue weighted by atomic mass is 10.2. The van der Waals surface area contributed by atoms with Crippen LogP contribution in [-0.2, 0) is 4.79 Å². The number of pyridine rings is 1. The number of hydrogen-bond donors (Lipinski definition) is 2. The molecule has 2 amide bonds. The van der Waals surface area contributed by atoms with Crippen LogP contribution in [-0.4, -0.2) is 29.5 Å². The molecule has 0 aliphatic carbocycles. The largest absolute Gasteiger partial charge is 0.485 e. The molecule has 1 atom stereocenters. The van der Waals surface area contributed by atoms with Crippen molar-refractivity contribution in [3.05, 3.63) is 52.3 Å². The van der Waals surface area contributed by atoms with Crippen LogP contribution in [0.1, 0.15) is 10.5 Å². The lowest BCUT2D eigenvalue weighted by Crippen LogP contribution is -2.51. The van der Waals surface area contributed by atoms with Crippen LogP contribution in [0.15, 0.2) is 36.4 Å². The predicted octanol–water partition coefficient (Wildman–Crippen LogP) is 1.99. The summed E-state index contributed by atoms with van der Waals surface area (Å²) in [4.78, 5) is 27.9. The summed E-state index contributed by atoms with van der Waals surface area (Å²) in [6.07, 6.45) is -0.900. The summed E-state index contributed by atoms with van der Waals surface area (Å²) in [5.41, 5.74) is 4.35. The van der Waals surface area contributed by atoms with E-state index in [-0.39, 0.29) is 22.5 Å². The fourth-order valence-corrected chi connectivity index (χ4v) is 2.32. The van der Waals surface area contributed by atoms with Crippen molar-refractivity contribution < 1.29 is 19.1 Å². The summed E-state index contributed by atoms with van der Waals surface area (Å²) in [5, 5.41) is 0.217. The molecular weight excluding hydrogens is 357 g/mol. The normalized spacial score (nSPS) is 15.5. The Morgan fingerprint density at radius 1 is 1.08 bits per heavy atom. The molecule has 1 aliphatic rings. The number of nitrogens with one attached hydrogen (secondary N) is 2. The lowest BCUT2D eigenvalue weighted by Gasteiger charge is -2.25. The van der Waals surface area contributed by atoms with Gasteiger partial charge in [0, 0.05) is 0 Å². The number of aromatic nitrogens is 1. The molecule has 1 aliphatic heterocycles. The molecule has 3 rings (SSSR count). The van der Waals surface area contributed by atoms with E-state index in [2.05, 4.69) is 15.8 Å². The van der Waals surface area contributed by atoms with Gasteiger partial charge < -0.3 is 9.47 Å². The van der Waals surface area contributed by atoms with E-state index in [4.69, 9.17) is 32.7 Å². The Kier molecular flexibility index (Phi) is 4.73. The fourth-order valence-electron chi connectivity index (χ4n) is 1.98. The van der Waals surface area contributed by atoms with E-state index in [0.717, 1.165) is 0 Å². The molecule has 0 spiro atoms. The highest BCUT2D eigenvalue weighted by Crippen LogP contribution is 2.30. The van der Waals surface area contributed by atoms with Crippen LogP contribution in [0.3, 0.4) is 0 Å². The van der Waals surface area contributed by atoms with Crippen molar-refractivity contribution in [3.8, 4) is 11.5 Å². The van der Waals surface area contributed by atoms with Gasteiger partial charge in [0.25, 0.3) is 11.8 Å². The van der Waals surface area contributed by atoms with Gasteiger partial charge in [0.15, 0.2) is 11.5 Å². The Balaban J connectivity index is 1.60. The predicted molar refractivity (Wildman–Crippen MR) is 86.2 cm³/mol. The van der Waals surface area contributed by atoms with Gasteiger partial charge in [-0.1, -0.05) is 35.3 Å². The van der Waals surface area contributed by atoms with Crippen LogP contribution < -0.4 is 20.3 Å². The number of benzene rings is 1. The average Bonchev–Trinajstić information content (AvgIpc) is 2.61. The average molecular weight is 368 g/mol. The molecule has 1 unspecified atom stereocenters. The highest BCUT2D eigenvalue weighted by Gasteiger charge is 2.27. The Hall–Kier alpha value is -2.51. The molecule has 0 saturated heterocycles. The Morgan fingerprint density at radius 2 is 1.83 bits per heavy atom. The van der Waals surface area contributed by atoms with Gasteiger partial charge in [-0.15, -0.1) is 0 Å². The van der Waals surface area contributed by atoms with Crippen LogP contribution in [0, 0.1) is 0 Å². The van der Waals surface area contributed by atoms with Crippen LogP contribution in [0.4, 0.5) is 0 Å². The highest BCUT2D eigenvalue weighted by molar-refractivity contribution is 6.34. The third kappa shape index (κ3) is 3.52. The number of hydrogen-bond acceptors (Lipinski definition) is 5. The molecule has 0 saturated carbocycles. The topological polar surface area (TPSA) is 89.6 Å². The number of rotatable bonds is 2. The first-order valence-electron chi connectivity index (χ1n) is 6.85. The summed E-state index contributed by atoms with van der Waals surface area (Å²) in [6, 6.07) is 9.86. The zero-order valence-electron chi connectivity index (χ0n) is 12.1. The van der Waals surface area contributed by atoms with Crippen LogP contribution in [0.2, 0.25) is 10.2 Å². The molecule has 1 aromatic carbocycles. The number of amides is 2. The maximum atomic E-state index is 12.1. The van der Waals surface area contributed by atoms with Crippen molar-refractivity contribution >= 4 is 35.0 Å². The molecule has 9 heteroatoms. The van der Waals surface area contributed by atoms with Crippen molar-refractivity contribution in [3.63, 3.8) is 0 Å². The third-order valence-corrected chi connectivity index (χ3v) is 3.64. The zero-order chi connectivity index (χ0) is 17.1. The SMILES string of the molecule is O=C(NNC(=O)C1COc2ccccc2O1)c1nc(Cl)ccc1Cl. The Labute approximate surface area is 146 Å². The van der Waals surface area contributed by atoms with Crippen molar-refractivity contribution in [2.45, 2.75) is 6.10 Å². The maximum Gasteiger partial charge on any atom is 0.289 e. The van der Waals surface area contributed by atoms with E-state index in [1.807, 2.05) is 0 Å². The minimum Gasteiger partial charge on any atom is -0.485 e. The third-order valence-electron chi connectivity index (χ3n) is 3.13. The number of para-hydroxylation sites is 2. The Bertz CT molecular complexity index is 800. The number of carbonyl (C=O) groups excluding carboxylic acids is 2. The van der Waals surface area contributed by atoms with Gasteiger partial charge >= 0.3 is 0 Å². The molecule has 0 fully saturated rings. The van der Waals surface area contributed by atoms with E-state index in [1.54, 1.807) is 24.3 Å². The van der Waals surface area contributed by atoms with E-state index < -0.39 is 17.9 Å². The molecule has 24 heavy (non-hydrogen) atoms. The van der Waals surface area contributed by atoms with Gasteiger partial charge in [-0.05, 0) is 24.3 Å². The number of fused-ring (bicyclic) bond motifs is 1. The van der Waals surface area contributed by atoms with Crippen molar-refractivity contribution in [2.24, 2.45) is 0 Å². The van der Waals surface area contributed by atoms with Crippen molar-refractivity contribution in [1.29, 1.82) is 0 Å². The number of hydrazine groups is 1. The first kappa shape index (κ1) is 16.4. The summed E-state index contributed by atoms with van der Waals surface area (Å²) < 4.78 is 11.0. The summed E-state index contributed by atoms with van der Waals surface area (Å²) in [7, 11) is 0. The van der Waals surface area contributed by atoms with Crippen LogP contribution >= 0.6 is 23.2 Å². The van der Waals surface area contributed by atoms with E-state index in [0.29, 0.717) is 11.5 Å². The second kappa shape index (κ2) is 6.94. The minimum atomic E-state index is -0.900. The Morgan fingerprint density at radius 3 is 2.62 bits per heavy atom. The molecule has 2 N–H and O–H groups in total. The van der Waals surface area contributed by atoms with Gasteiger partial charge in [0.1, 0.15) is 17.5 Å². The number of ether oxygens (including phenoxy) is 2. The molecule has 0 radical (unpaired) electrons. The van der Waals surface area contributed by atoms with E-state index in [1.165, 1.54) is 12.1 Å². The second-order valence-corrected chi connectivity index (χ2v) is 5.57. The van der Waals surface area contributed by atoms with Gasteiger partial charge in [-0.2, -0.15) is 0 Å². The van der Waals surface area contributed by atoms with Crippen molar-refractivity contribution in [2.75, 3.05) is 6.61 Å². The zero-order valence-corrected chi connectivity index (χ0v) is 13.6. The maximum absolute atomic E-state index is 12.1. The standard InChI is InChI=1S/C15H11Cl2N3O4/c16-8-5-6-12(17)18-13(8)15(22)20-19-14(21)11-7-23-9-3-1-2-4-10(9)24-11/h1-6,11H,7H2,(H,19,21)(H,20,22). The van der Waals surface area contributed by atoms with Gasteiger partial charge in [-0.3, -0.25) is 20.4 Å². The number of nitrogens with zero attached hydrogens (tertiary/aromatic N) is 1. The van der Waals surface area contributed by atoms with E-state index in [9.17, 15) is 9.59 Å². The van der Waals surface area contributed by atoms with Crippen LogP contribution in [0.25, 0.3) is 0 Å². The summed E-state index contributed by atoms with van der Waals surface area (Å²) in [6.45, 7) is 0.0227. The van der Waals surface area contributed by atoms with E-state index >= 15 is 0 Å². The fraction of sp³-hybridized carbons (Fsp3) is 0.133. The smallest absolute Gasteiger partial charge is 0.289 e. The number of carbonyl (C=O) groups is 2. The summed E-state index contributed by atoms with van der Waals surface area (Å²) >= 11 is 11.6. The molecule has 1 aromatic heterocycles. The highest BCUT2D eigenvalue weighted by atomic mass is 35.5. The molecule has 0 bridgehead atoms. The quantitative estimate of drug-likeness (QED) is 0.625. The first-order valence-corrected chi connectivity index (χ1v) is 7.61. The monoisotopic (exact) mass is 367 g/mol. The van der Waals surface area contributed by atoms with Crippen molar-refractivity contribution in [1.82, 2.24) is 15.8 Å². The number of halogens is 2. The molecular formula is C15H11Cl2N3O4. The molecule has 7 nitrogen and oxygen atoms in total. The van der Waals surface area contributed by atoms with Gasteiger partial charge in [-0.25, -0.2) is 4.98 Å². The second-order valence-electron chi connectivity index (χ2n) is 4.77. The molecule has 2 aromatic rings. The summed E-state index contributed by atoms with van der Waals surface area (Å²) in [5.74, 6) is -0.265. The van der Waals surface area contributed by atoms with Crippen LogP contribution in [0.5, 0.6) is 11.5 Å². The van der Waals surface area contributed by atoms with Gasteiger partial charge in [0.2, 0.25) is 6.10 Å². The van der Waals surface area contributed by atoms with Gasteiger partial charge in [0.05, 0.1) is 5.02 Å². The lowest BCUT2D eigenvalue weighted by molar-refractivity contribution is -0.131. The molecule has 2 heterocycles. The molecule has 124 valence electrons. The minimum absolute atomic E-state index is 0.0227. The first-order chi connectivity index (χ1) is 11.5.